The molecule has 2 heteroatoms. The van der Waals surface area contributed by atoms with Crippen LogP contribution in [0.5, 0.6) is 0 Å². The average molecular weight is 203 g/mol. The maximum absolute atomic E-state index is 5.82. The summed E-state index contributed by atoms with van der Waals surface area (Å²) in [6, 6.07) is 8.42. The molecule has 0 radical (unpaired) electrons. The highest BCUT2D eigenvalue weighted by atomic mass is 16.3. The summed E-state index contributed by atoms with van der Waals surface area (Å²) in [5.41, 5.74) is 2.25. The summed E-state index contributed by atoms with van der Waals surface area (Å²) in [5.74, 6) is 1.09. The van der Waals surface area contributed by atoms with Crippen LogP contribution in [0.4, 0.5) is 0 Å². The molecule has 0 saturated carbocycles. The lowest BCUT2D eigenvalue weighted by Gasteiger charge is -1.96. The maximum atomic E-state index is 5.82. The molecular formula is C13H17NO. The first-order valence-corrected chi connectivity index (χ1v) is 5.44. The van der Waals surface area contributed by atoms with Crippen LogP contribution in [0.2, 0.25) is 0 Å². The minimum absolute atomic E-state index is 1.01. The second kappa shape index (κ2) is 4.49. The molecular weight excluding hydrogens is 186 g/mol. The number of nitrogens with one attached hydrogen (secondary N) is 1. The van der Waals surface area contributed by atoms with Gasteiger partial charge < -0.3 is 9.73 Å². The Kier molecular flexibility index (Phi) is 3.07. The molecule has 1 N–H and O–H groups in total. The highest BCUT2D eigenvalue weighted by Crippen LogP contribution is 2.23. The van der Waals surface area contributed by atoms with E-state index in [2.05, 4.69) is 36.5 Å². The fraction of sp³-hybridized carbons (Fsp3) is 0.385. The summed E-state index contributed by atoms with van der Waals surface area (Å²) in [4.78, 5) is 0. The van der Waals surface area contributed by atoms with Crippen molar-refractivity contribution in [1.82, 2.24) is 5.32 Å². The van der Waals surface area contributed by atoms with Gasteiger partial charge in [-0.1, -0.05) is 18.2 Å². The van der Waals surface area contributed by atoms with Crippen LogP contribution in [0.25, 0.3) is 11.0 Å². The Morgan fingerprint density at radius 1 is 1.33 bits per heavy atom. The predicted octanol–water partition coefficient (Wildman–Crippen LogP) is 2.89. The molecule has 0 fully saturated rings. The van der Waals surface area contributed by atoms with Crippen molar-refractivity contribution >= 4 is 11.0 Å². The van der Waals surface area contributed by atoms with E-state index in [0.717, 1.165) is 30.7 Å². The van der Waals surface area contributed by atoms with Gasteiger partial charge in [0, 0.05) is 11.8 Å². The molecule has 0 bridgehead atoms. The Labute approximate surface area is 90.3 Å². The maximum Gasteiger partial charge on any atom is 0.137 e. The molecule has 2 rings (SSSR count). The van der Waals surface area contributed by atoms with Crippen LogP contribution in [0, 0.1) is 6.92 Å². The van der Waals surface area contributed by atoms with Crippen LogP contribution in [-0.4, -0.2) is 13.6 Å². The third-order valence-corrected chi connectivity index (χ3v) is 2.64. The third kappa shape index (κ3) is 2.21. The van der Waals surface area contributed by atoms with Crippen molar-refractivity contribution in [3.63, 3.8) is 0 Å². The lowest BCUT2D eigenvalue weighted by atomic mass is 10.1. The van der Waals surface area contributed by atoms with Gasteiger partial charge >= 0.3 is 0 Å². The molecule has 1 aromatic carbocycles. The van der Waals surface area contributed by atoms with E-state index in [1.807, 2.05) is 7.05 Å². The van der Waals surface area contributed by atoms with Gasteiger partial charge in [0.25, 0.3) is 0 Å². The lowest BCUT2D eigenvalue weighted by Crippen LogP contribution is -2.07. The molecule has 80 valence electrons. The molecule has 0 unspecified atom stereocenters. The molecule has 0 amide bonds. The number of hydrogen-bond acceptors (Lipinski definition) is 2. The van der Waals surface area contributed by atoms with E-state index in [0.29, 0.717) is 0 Å². The van der Waals surface area contributed by atoms with E-state index in [4.69, 9.17) is 4.42 Å². The molecule has 1 aromatic heterocycles. The van der Waals surface area contributed by atoms with E-state index < -0.39 is 0 Å². The minimum atomic E-state index is 1.01. The van der Waals surface area contributed by atoms with Crippen molar-refractivity contribution in [3.05, 3.63) is 35.6 Å². The summed E-state index contributed by atoms with van der Waals surface area (Å²) < 4.78 is 5.82. The molecule has 2 aromatic rings. The number of aryl methyl sites for hydroxylation is 2. The summed E-state index contributed by atoms with van der Waals surface area (Å²) in [6.45, 7) is 3.12. The highest BCUT2D eigenvalue weighted by molar-refractivity contribution is 5.80. The first kappa shape index (κ1) is 10.2. The fourth-order valence-electron chi connectivity index (χ4n) is 1.82. The van der Waals surface area contributed by atoms with Gasteiger partial charge in [0.1, 0.15) is 11.3 Å². The second-order valence-corrected chi connectivity index (χ2v) is 3.91. The van der Waals surface area contributed by atoms with Crippen molar-refractivity contribution < 1.29 is 4.42 Å². The Morgan fingerprint density at radius 3 is 2.93 bits per heavy atom. The fourth-order valence-corrected chi connectivity index (χ4v) is 1.82. The lowest BCUT2D eigenvalue weighted by molar-refractivity contribution is 0.533. The number of furan rings is 1. The number of para-hydroxylation sites is 1. The standard InChI is InChI=1S/C13H17NO/c1-10-5-3-6-11-9-12(15-13(10)11)7-4-8-14-2/h3,5-6,9,14H,4,7-8H2,1-2H3. The van der Waals surface area contributed by atoms with Gasteiger partial charge in [0.2, 0.25) is 0 Å². The number of fused-ring (bicyclic) bond motifs is 1. The topological polar surface area (TPSA) is 25.2 Å². The summed E-state index contributed by atoms with van der Waals surface area (Å²) >= 11 is 0. The quantitative estimate of drug-likeness (QED) is 0.773. The predicted molar refractivity (Wildman–Crippen MR) is 63.2 cm³/mol. The first-order chi connectivity index (χ1) is 7.31. The van der Waals surface area contributed by atoms with Gasteiger partial charge in [-0.2, -0.15) is 0 Å². The molecule has 0 saturated heterocycles. The van der Waals surface area contributed by atoms with Crippen LogP contribution >= 0.6 is 0 Å². The second-order valence-electron chi connectivity index (χ2n) is 3.91. The number of rotatable bonds is 4. The van der Waals surface area contributed by atoms with Crippen LogP contribution < -0.4 is 5.32 Å². The zero-order chi connectivity index (χ0) is 10.7. The molecule has 0 aliphatic rings. The third-order valence-electron chi connectivity index (χ3n) is 2.64. The molecule has 1 heterocycles. The van der Waals surface area contributed by atoms with E-state index in [-0.39, 0.29) is 0 Å². The van der Waals surface area contributed by atoms with Crippen LogP contribution in [-0.2, 0) is 6.42 Å². The van der Waals surface area contributed by atoms with E-state index in [9.17, 15) is 0 Å². The molecule has 2 nitrogen and oxygen atoms in total. The smallest absolute Gasteiger partial charge is 0.137 e. The van der Waals surface area contributed by atoms with Gasteiger partial charge in [0.05, 0.1) is 0 Å². The van der Waals surface area contributed by atoms with Gasteiger partial charge in [0.15, 0.2) is 0 Å². The van der Waals surface area contributed by atoms with Gasteiger partial charge in [-0.25, -0.2) is 0 Å². The number of benzene rings is 1. The van der Waals surface area contributed by atoms with Crippen LogP contribution in [0.15, 0.2) is 28.7 Å². The summed E-state index contributed by atoms with van der Waals surface area (Å²) in [7, 11) is 1.97. The average Bonchev–Trinajstić information content (AvgIpc) is 2.63. The van der Waals surface area contributed by atoms with Crippen molar-refractivity contribution in [1.29, 1.82) is 0 Å². The normalized spacial score (nSPS) is 11.1. The molecule has 0 aliphatic carbocycles. The van der Waals surface area contributed by atoms with Crippen molar-refractivity contribution in [3.8, 4) is 0 Å². The van der Waals surface area contributed by atoms with Crippen LogP contribution in [0.3, 0.4) is 0 Å². The Hall–Kier alpha value is -1.28. The first-order valence-electron chi connectivity index (χ1n) is 5.44. The Bertz CT molecular complexity index is 445. The van der Waals surface area contributed by atoms with Crippen molar-refractivity contribution in [2.24, 2.45) is 0 Å². The van der Waals surface area contributed by atoms with E-state index in [1.165, 1.54) is 10.9 Å². The zero-order valence-corrected chi connectivity index (χ0v) is 9.34. The van der Waals surface area contributed by atoms with E-state index >= 15 is 0 Å². The van der Waals surface area contributed by atoms with Gasteiger partial charge in [-0.05, 0) is 38.6 Å². The minimum Gasteiger partial charge on any atom is -0.461 e. The number of hydrogen-bond donors (Lipinski definition) is 1. The van der Waals surface area contributed by atoms with Crippen LogP contribution in [0.1, 0.15) is 17.7 Å². The molecule has 15 heavy (non-hydrogen) atoms. The Balaban J connectivity index is 2.20. The SMILES string of the molecule is CNCCCc1cc2cccc(C)c2o1. The summed E-state index contributed by atoms with van der Waals surface area (Å²) in [5, 5.41) is 4.36. The Morgan fingerprint density at radius 2 is 2.20 bits per heavy atom. The summed E-state index contributed by atoms with van der Waals surface area (Å²) in [6.07, 6.45) is 2.13. The molecule has 0 aliphatic heterocycles. The molecule has 0 spiro atoms. The van der Waals surface area contributed by atoms with E-state index in [1.54, 1.807) is 0 Å². The molecule has 0 atom stereocenters. The largest absolute Gasteiger partial charge is 0.461 e. The highest BCUT2D eigenvalue weighted by Gasteiger charge is 2.04. The van der Waals surface area contributed by atoms with Gasteiger partial charge in [-0.15, -0.1) is 0 Å². The zero-order valence-electron chi connectivity index (χ0n) is 9.34. The van der Waals surface area contributed by atoms with Crippen molar-refractivity contribution in [2.75, 3.05) is 13.6 Å². The van der Waals surface area contributed by atoms with Crippen molar-refractivity contribution in [2.45, 2.75) is 19.8 Å². The monoisotopic (exact) mass is 203 g/mol. The van der Waals surface area contributed by atoms with Gasteiger partial charge in [-0.3, -0.25) is 0 Å².